The van der Waals surface area contributed by atoms with Crippen molar-refractivity contribution in [1.82, 2.24) is 0 Å². The molecule has 1 heterocycles. The van der Waals surface area contributed by atoms with E-state index in [-0.39, 0.29) is 32.0 Å². The molecule has 0 saturated carbocycles. The highest BCUT2D eigenvalue weighted by Gasteiger charge is 2.44. The first-order valence-corrected chi connectivity index (χ1v) is 26.3. The molecule has 0 aromatic rings. The van der Waals surface area contributed by atoms with Gasteiger partial charge >= 0.3 is 11.9 Å². The molecule has 0 radical (unpaired) electrons. The summed E-state index contributed by atoms with van der Waals surface area (Å²) in [6.45, 7) is 3.44. The summed E-state index contributed by atoms with van der Waals surface area (Å²) in [6.07, 6.45) is 40.9. The summed E-state index contributed by atoms with van der Waals surface area (Å²) < 4.78 is 22.2. The Labute approximate surface area is 380 Å². The number of allylic oxidation sites excluding steroid dienone is 2. The second-order valence-electron chi connectivity index (χ2n) is 18.3. The van der Waals surface area contributed by atoms with Crippen LogP contribution in [-0.4, -0.2) is 89.0 Å². The molecular formula is C52H98O10. The number of carbonyl (C=O) groups is 2. The maximum atomic E-state index is 12.8. The minimum Gasteiger partial charge on any atom is -0.462 e. The molecule has 1 aliphatic heterocycles. The van der Waals surface area contributed by atoms with Gasteiger partial charge in [-0.05, 0) is 32.1 Å². The van der Waals surface area contributed by atoms with Crippen molar-refractivity contribution < 1.29 is 49.0 Å². The van der Waals surface area contributed by atoms with E-state index >= 15 is 0 Å². The van der Waals surface area contributed by atoms with E-state index in [9.17, 15) is 30.0 Å². The number of rotatable bonds is 45. The number of unbranched alkanes of at least 4 members (excludes halogenated alkanes) is 32. The van der Waals surface area contributed by atoms with Gasteiger partial charge in [-0.3, -0.25) is 9.59 Å². The molecule has 10 heteroatoms. The number of hydrogen-bond donors (Lipinski definition) is 4. The van der Waals surface area contributed by atoms with Crippen LogP contribution in [-0.2, 0) is 28.5 Å². The van der Waals surface area contributed by atoms with Gasteiger partial charge in [0.1, 0.15) is 31.0 Å². The Morgan fingerprint density at radius 3 is 1.31 bits per heavy atom. The fourth-order valence-electron chi connectivity index (χ4n) is 8.25. The first kappa shape index (κ1) is 58.5. The van der Waals surface area contributed by atoms with Gasteiger partial charge < -0.3 is 39.4 Å². The Bertz CT molecular complexity index is 1020. The van der Waals surface area contributed by atoms with Crippen LogP contribution in [0.3, 0.4) is 0 Å². The second-order valence-corrected chi connectivity index (χ2v) is 18.3. The lowest BCUT2D eigenvalue weighted by Crippen LogP contribution is -2.59. The summed E-state index contributed by atoms with van der Waals surface area (Å²) in [5.74, 6) is -0.829. The van der Waals surface area contributed by atoms with E-state index in [0.717, 1.165) is 32.1 Å². The number of aliphatic hydroxyl groups is 4. The lowest BCUT2D eigenvalue weighted by Gasteiger charge is -2.39. The molecular weight excluding hydrogens is 785 g/mol. The van der Waals surface area contributed by atoms with Crippen LogP contribution in [0.15, 0.2) is 12.2 Å². The molecule has 1 saturated heterocycles. The lowest BCUT2D eigenvalue weighted by atomic mass is 9.99. The Balaban J connectivity index is 2.24. The Kier molecular flexibility index (Phi) is 40.9. The normalized spacial score (nSPS) is 19.6. The number of carbonyl (C=O) groups excluding carboxylic acids is 2. The Morgan fingerprint density at radius 2 is 0.871 bits per heavy atom. The average molecular weight is 883 g/mol. The monoisotopic (exact) mass is 883 g/mol. The van der Waals surface area contributed by atoms with Crippen LogP contribution in [0, 0.1) is 0 Å². The summed E-state index contributed by atoms with van der Waals surface area (Å²) >= 11 is 0. The molecule has 6 atom stereocenters. The molecule has 0 aliphatic carbocycles. The number of aliphatic hydroxyl groups excluding tert-OH is 4. The number of ether oxygens (including phenoxy) is 4. The minimum absolute atomic E-state index is 0.188. The standard InChI is InChI=1S/C52H98O10/c1-3-5-7-9-11-13-15-17-19-20-21-22-23-24-25-26-27-29-31-33-35-37-39-41-48(55)61-45(44-60-52-51(58)50(57)49(56)46(42-53)62-52)43-59-47(54)40-38-36-34-32-30-28-18-16-14-12-10-8-6-4-2/h33,35,45-46,49-53,56-58H,3-32,34,36-44H2,1-2H3/b35-33+/t45-,46-,49+,50?,51?,52-/m1/s1. The van der Waals surface area contributed by atoms with E-state index < -0.39 is 49.4 Å². The molecule has 4 N–H and O–H groups in total. The third-order valence-electron chi connectivity index (χ3n) is 12.4. The molecule has 2 unspecified atom stereocenters. The van der Waals surface area contributed by atoms with Crippen molar-refractivity contribution in [3.05, 3.63) is 12.2 Å². The maximum Gasteiger partial charge on any atom is 0.306 e. The first-order chi connectivity index (χ1) is 30.3. The van der Waals surface area contributed by atoms with Gasteiger partial charge in [-0.25, -0.2) is 0 Å². The molecule has 62 heavy (non-hydrogen) atoms. The van der Waals surface area contributed by atoms with Crippen LogP contribution in [0.4, 0.5) is 0 Å². The van der Waals surface area contributed by atoms with Crippen molar-refractivity contribution in [1.29, 1.82) is 0 Å². The zero-order valence-corrected chi connectivity index (χ0v) is 40.1. The van der Waals surface area contributed by atoms with Crippen molar-refractivity contribution in [2.24, 2.45) is 0 Å². The highest BCUT2D eigenvalue weighted by atomic mass is 16.7. The van der Waals surface area contributed by atoms with Gasteiger partial charge in [-0.2, -0.15) is 0 Å². The van der Waals surface area contributed by atoms with Gasteiger partial charge in [-0.1, -0.05) is 219 Å². The topological polar surface area (TPSA) is 152 Å². The first-order valence-electron chi connectivity index (χ1n) is 26.3. The van der Waals surface area contributed by atoms with E-state index in [1.165, 1.54) is 186 Å². The van der Waals surface area contributed by atoms with E-state index in [4.69, 9.17) is 18.9 Å². The molecule has 10 nitrogen and oxygen atoms in total. The lowest BCUT2D eigenvalue weighted by molar-refractivity contribution is -0.305. The zero-order chi connectivity index (χ0) is 45.1. The van der Waals surface area contributed by atoms with Gasteiger partial charge in [-0.15, -0.1) is 0 Å². The fraction of sp³-hybridized carbons (Fsp3) is 0.923. The highest BCUT2D eigenvalue weighted by Crippen LogP contribution is 2.23. The summed E-state index contributed by atoms with van der Waals surface area (Å²) in [5, 5.41) is 40.2. The van der Waals surface area contributed by atoms with Crippen molar-refractivity contribution in [2.45, 2.75) is 288 Å². The SMILES string of the molecule is CCCCCCCCCCCCCCCCCCCC/C=C/CCCC(=O)O[C@H](COC(=O)CCCCCCCCCCCCCCCC)CO[C@@H]1O[C@H](CO)[C@H](O)C(O)C1O. The number of esters is 2. The predicted molar refractivity (Wildman–Crippen MR) is 252 cm³/mol. The molecule has 0 amide bonds. The molecule has 0 bridgehead atoms. The quantitative estimate of drug-likeness (QED) is 0.0264. The Hall–Kier alpha value is -1.56. The van der Waals surface area contributed by atoms with E-state index in [1.807, 2.05) is 0 Å². The fourth-order valence-corrected chi connectivity index (χ4v) is 8.25. The second kappa shape index (κ2) is 43.3. The summed E-state index contributed by atoms with van der Waals surface area (Å²) in [7, 11) is 0. The van der Waals surface area contributed by atoms with Crippen LogP contribution >= 0.6 is 0 Å². The predicted octanol–water partition coefficient (Wildman–Crippen LogP) is 12.3. The van der Waals surface area contributed by atoms with Crippen LogP contribution in [0.2, 0.25) is 0 Å². The number of hydrogen-bond acceptors (Lipinski definition) is 10. The third-order valence-corrected chi connectivity index (χ3v) is 12.4. The van der Waals surface area contributed by atoms with Gasteiger partial charge in [0.25, 0.3) is 0 Å². The van der Waals surface area contributed by atoms with Crippen molar-refractivity contribution in [2.75, 3.05) is 19.8 Å². The molecule has 1 aliphatic rings. The van der Waals surface area contributed by atoms with Crippen LogP contribution in [0.5, 0.6) is 0 Å². The molecule has 1 fully saturated rings. The van der Waals surface area contributed by atoms with Crippen LogP contribution < -0.4 is 0 Å². The van der Waals surface area contributed by atoms with Gasteiger partial charge in [0.2, 0.25) is 0 Å². The van der Waals surface area contributed by atoms with Crippen LogP contribution in [0.1, 0.15) is 251 Å². The smallest absolute Gasteiger partial charge is 0.306 e. The third kappa shape index (κ3) is 33.9. The minimum atomic E-state index is -1.60. The van der Waals surface area contributed by atoms with E-state index in [0.29, 0.717) is 6.42 Å². The summed E-state index contributed by atoms with van der Waals surface area (Å²) in [6, 6.07) is 0. The van der Waals surface area contributed by atoms with E-state index in [1.54, 1.807) is 0 Å². The van der Waals surface area contributed by atoms with Gasteiger partial charge in [0.05, 0.1) is 13.2 Å². The highest BCUT2D eigenvalue weighted by molar-refractivity contribution is 5.70. The molecule has 1 rings (SSSR count). The molecule has 0 aromatic carbocycles. The maximum absolute atomic E-state index is 12.8. The summed E-state index contributed by atoms with van der Waals surface area (Å²) in [5.41, 5.74) is 0. The van der Waals surface area contributed by atoms with Crippen molar-refractivity contribution in [3.63, 3.8) is 0 Å². The van der Waals surface area contributed by atoms with E-state index in [2.05, 4.69) is 26.0 Å². The van der Waals surface area contributed by atoms with Crippen molar-refractivity contribution >= 4 is 11.9 Å². The van der Waals surface area contributed by atoms with Crippen LogP contribution in [0.25, 0.3) is 0 Å². The van der Waals surface area contributed by atoms with Gasteiger partial charge in [0.15, 0.2) is 12.4 Å². The zero-order valence-electron chi connectivity index (χ0n) is 40.1. The van der Waals surface area contributed by atoms with Gasteiger partial charge in [0, 0.05) is 12.8 Å². The molecule has 366 valence electrons. The molecule has 0 aromatic heterocycles. The summed E-state index contributed by atoms with van der Waals surface area (Å²) in [4.78, 5) is 25.4. The largest absolute Gasteiger partial charge is 0.462 e. The molecule has 0 spiro atoms. The average Bonchev–Trinajstić information content (AvgIpc) is 3.27. The van der Waals surface area contributed by atoms with Crippen molar-refractivity contribution in [3.8, 4) is 0 Å². The Morgan fingerprint density at radius 1 is 0.484 bits per heavy atom.